The molecule has 144 valence electrons. The largest absolute Gasteiger partial charge is 0.496 e. The van der Waals surface area contributed by atoms with E-state index in [1.165, 1.54) is 11.8 Å². The average Bonchev–Trinajstić information content (AvgIpc) is 3.15. The van der Waals surface area contributed by atoms with Crippen LogP contribution in [-0.2, 0) is 9.59 Å². The number of hydrogen-bond donors (Lipinski definition) is 2. The minimum atomic E-state index is -0.523. The maximum atomic E-state index is 12.5. The summed E-state index contributed by atoms with van der Waals surface area (Å²) in [4.78, 5) is 30.0. The monoisotopic (exact) mass is 409 g/mol. The van der Waals surface area contributed by atoms with Crippen LogP contribution < -0.4 is 10.5 Å². The van der Waals surface area contributed by atoms with Gasteiger partial charge >= 0.3 is 0 Å². The van der Waals surface area contributed by atoms with Gasteiger partial charge in [-0.3, -0.25) is 14.7 Å². The minimum absolute atomic E-state index is 0.133. The SMILES string of the molecule is COc1ccc(Cl)cc1-c1nc(SCC(=O)N2CCCC[C@H]2C(N)=O)n[nH]1. The lowest BCUT2D eigenvalue weighted by Crippen LogP contribution is -2.51. The first-order valence-corrected chi connectivity index (χ1v) is 9.84. The number of rotatable bonds is 6. The zero-order valence-corrected chi connectivity index (χ0v) is 16.3. The molecular weight excluding hydrogens is 390 g/mol. The van der Waals surface area contributed by atoms with Gasteiger partial charge in [-0.2, -0.15) is 0 Å². The summed E-state index contributed by atoms with van der Waals surface area (Å²) in [7, 11) is 1.56. The first-order valence-electron chi connectivity index (χ1n) is 8.47. The fourth-order valence-corrected chi connectivity index (χ4v) is 3.89. The second kappa shape index (κ2) is 8.62. The molecule has 0 saturated carbocycles. The maximum Gasteiger partial charge on any atom is 0.240 e. The predicted molar refractivity (Wildman–Crippen MR) is 103 cm³/mol. The second-order valence-electron chi connectivity index (χ2n) is 6.10. The van der Waals surface area contributed by atoms with Crippen LogP contribution in [0.5, 0.6) is 5.75 Å². The Balaban J connectivity index is 1.67. The number of nitrogens with zero attached hydrogens (tertiary/aromatic N) is 3. The number of nitrogens with two attached hydrogens (primary N) is 1. The van der Waals surface area contributed by atoms with Crippen LogP contribution in [0.1, 0.15) is 19.3 Å². The number of likely N-dealkylation sites (tertiary alicyclic amines) is 1. The molecule has 0 aliphatic carbocycles. The van der Waals surface area contributed by atoms with E-state index in [9.17, 15) is 9.59 Å². The number of carbonyl (C=O) groups excluding carboxylic acids is 2. The lowest BCUT2D eigenvalue weighted by atomic mass is 10.0. The predicted octanol–water partition coefficient (Wildman–Crippen LogP) is 2.09. The number of aromatic amines is 1. The lowest BCUT2D eigenvalue weighted by Gasteiger charge is -2.33. The molecule has 1 aliphatic rings. The quantitative estimate of drug-likeness (QED) is 0.706. The molecule has 1 atom stereocenters. The van der Waals surface area contributed by atoms with Crippen molar-refractivity contribution in [2.45, 2.75) is 30.5 Å². The number of amides is 2. The standard InChI is InChI=1S/C17H20ClN5O3S/c1-26-13-6-5-10(18)8-11(13)16-20-17(22-21-16)27-9-14(24)23-7-3-2-4-12(23)15(19)25/h5-6,8,12H,2-4,7,9H2,1H3,(H2,19,25)(H,20,21,22)/t12-/m0/s1. The highest BCUT2D eigenvalue weighted by atomic mass is 35.5. The van der Waals surface area contributed by atoms with Crippen LogP contribution in [0.15, 0.2) is 23.4 Å². The number of hydrogen-bond acceptors (Lipinski definition) is 6. The van der Waals surface area contributed by atoms with E-state index in [0.717, 1.165) is 12.8 Å². The Morgan fingerprint density at radius 1 is 1.44 bits per heavy atom. The van der Waals surface area contributed by atoms with E-state index in [1.54, 1.807) is 30.2 Å². The summed E-state index contributed by atoms with van der Waals surface area (Å²) in [6.45, 7) is 0.548. The van der Waals surface area contributed by atoms with Crippen LogP contribution in [0.25, 0.3) is 11.4 Å². The van der Waals surface area contributed by atoms with Gasteiger partial charge in [0.05, 0.1) is 18.4 Å². The van der Waals surface area contributed by atoms with Crippen LogP contribution in [0.3, 0.4) is 0 Å². The lowest BCUT2D eigenvalue weighted by molar-refractivity contribution is -0.138. The third-order valence-corrected chi connectivity index (χ3v) is 5.43. The van der Waals surface area contributed by atoms with Crippen LogP contribution >= 0.6 is 23.4 Å². The molecule has 1 aliphatic heterocycles. The van der Waals surface area contributed by atoms with Gasteiger partial charge in [-0.05, 0) is 37.5 Å². The summed E-state index contributed by atoms with van der Waals surface area (Å²) < 4.78 is 5.32. The Morgan fingerprint density at radius 3 is 3.00 bits per heavy atom. The molecule has 3 rings (SSSR count). The van der Waals surface area contributed by atoms with Gasteiger partial charge in [0, 0.05) is 11.6 Å². The average molecular weight is 410 g/mol. The van der Waals surface area contributed by atoms with E-state index in [0.29, 0.717) is 40.3 Å². The molecule has 10 heteroatoms. The van der Waals surface area contributed by atoms with Crippen LogP contribution in [0.2, 0.25) is 5.02 Å². The summed E-state index contributed by atoms with van der Waals surface area (Å²) in [5, 5.41) is 7.94. The van der Waals surface area contributed by atoms with Crippen molar-refractivity contribution in [3.05, 3.63) is 23.2 Å². The molecule has 3 N–H and O–H groups in total. The van der Waals surface area contributed by atoms with Gasteiger partial charge < -0.3 is 15.4 Å². The maximum absolute atomic E-state index is 12.5. The van der Waals surface area contributed by atoms with Crippen molar-refractivity contribution in [2.24, 2.45) is 5.73 Å². The van der Waals surface area contributed by atoms with Gasteiger partial charge in [-0.1, -0.05) is 23.4 Å². The molecule has 2 aromatic rings. The molecule has 1 aromatic carbocycles. The highest BCUT2D eigenvalue weighted by Gasteiger charge is 2.30. The Labute approximate surface area is 165 Å². The molecule has 0 radical (unpaired) electrons. The van der Waals surface area contributed by atoms with Crippen LogP contribution in [0, 0.1) is 0 Å². The Bertz CT molecular complexity index is 844. The summed E-state index contributed by atoms with van der Waals surface area (Å²) >= 11 is 7.25. The molecule has 0 unspecified atom stereocenters. The van der Waals surface area contributed by atoms with Crippen LogP contribution in [0.4, 0.5) is 0 Å². The smallest absolute Gasteiger partial charge is 0.240 e. The summed E-state index contributed by atoms with van der Waals surface area (Å²) in [5.74, 6) is 0.642. The summed E-state index contributed by atoms with van der Waals surface area (Å²) in [6, 6.07) is 4.68. The number of halogens is 1. The number of thioether (sulfide) groups is 1. The van der Waals surface area contributed by atoms with E-state index in [1.807, 2.05) is 0 Å². The van der Waals surface area contributed by atoms with Gasteiger partial charge in [0.1, 0.15) is 11.8 Å². The number of H-pyrrole nitrogens is 1. The highest BCUT2D eigenvalue weighted by molar-refractivity contribution is 7.99. The molecular formula is C17H20ClN5O3S. The number of carbonyl (C=O) groups is 2. The van der Waals surface area contributed by atoms with Crippen molar-refractivity contribution >= 4 is 35.2 Å². The van der Waals surface area contributed by atoms with Crippen molar-refractivity contribution < 1.29 is 14.3 Å². The van der Waals surface area contributed by atoms with E-state index >= 15 is 0 Å². The summed E-state index contributed by atoms with van der Waals surface area (Å²) in [6.07, 6.45) is 2.39. The third-order valence-electron chi connectivity index (χ3n) is 4.36. The molecule has 1 fully saturated rings. The van der Waals surface area contributed by atoms with Crippen molar-refractivity contribution in [1.29, 1.82) is 0 Å². The topological polar surface area (TPSA) is 114 Å². The fourth-order valence-electron chi connectivity index (χ4n) is 3.03. The Morgan fingerprint density at radius 2 is 2.26 bits per heavy atom. The van der Waals surface area contributed by atoms with Crippen molar-refractivity contribution in [2.75, 3.05) is 19.4 Å². The van der Waals surface area contributed by atoms with Gasteiger partial charge in [0.25, 0.3) is 0 Å². The molecule has 2 heterocycles. The fraction of sp³-hybridized carbons (Fsp3) is 0.412. The highest BCUT2D eigenvalue weighted by Crippen LogP contribution is 2.31. The number of methoxy groups -OCH3 is 1. The molecule has 2 amide bonds. The van der Waals surface area contributed by atoms with Crippen molar-refractivity contribution in [1.82, 2.24) is 20.1 Å². The number of piperidine rings is 1. The van der Waals surface area contributed by atoms with E-state index in [4.69, 9.17) is 22.1 Å². The number of primary amides is 1. The third kappa shape index (κ3) is 4.54. The Hall–Kier alpha value is -2.26. The van der Waals surface area contributed by atoms with Crippen LogP contribution in [-0.4, -0.2) is 57.3 Å². The molecule has 1 saturated heterocycles. The van der Waals surface area contributed by atoms with E-state index in [-0.39, 0.29) is 11.7 Å². The second-order valence-corrected chi connectivity index (χ2v) is 7.48. The zero-order chi connectivity index (χ0) is 19.4. The number of benzene rings is 1. The zero-order valence-electron chi connectivity index (χ0n) is 14.8. The molecule has 8 nitrogen and oxygen atoms in total. The normalized spacial score (nSPS) is 17.0. The minimum Gasteiger partial charge on any atom is -0.496 e. The van der Waals surface area contributed by atoms with Gasteiger partial charge in [0.2, 0.25) is 17.0 Å². The molecule has 0 bridgehead atoms. The molecule has 0 spiro atoms. The van der Waals surface area contributed by atoms with Gasteiger partial charge in [-0.15, -0.1) is 5.10 Å². The summed E-state index contributed by atoms with van der Waals surface area (Å²) in [5.41, 5.74) is 6.10. The van der Waals surface area contributed by atoms with E-state index in [2.05, 4.69) is 15.2 Å². The Kier molecular flexibility index (Phi) is 6.22. The van der Waals surface area contributed by atoms with Gasteiger partial charge in [0.15, 0.2) is 5.82 Å². The number of aromatic nitrogens is 3. The first-order chi connectivity index (χ1) is 13.0. The number of nitrogens with one attached hydrogen (secondary N) is 1. The van der Waals surface area contributed by atoms with Gasteiger partial charge in [-0.25, -0.2) is 4.98 Å². The molecule has 27 heavy (non-hydrogen) atoms. The van der Waals surface area contributed by atoms with Crippen molar-refractivity contribution in [3.63, 3.8) is 0 Å². The first kappa shape index (κ1) is 19.5. The number of ether oxygens (including phenoxy) is 1. The van der Waals surface area contributed by atoms with Crippen molar-refractivity contribution in [3.8, 4) is 17.1 Å². The van der Waals surface area contributed by atoms with E-state index < -0.39 is 11.9 Å². The molecule has 1 aromatic heterocycles.